The number of carbonyl (C=O) groups excluding carboxylic acids is 3. The normalized spacial score (nSPS) is 31.7. The Morgan fingerprint density at radius 2 is 1.73 bits per heavy atom. The molecule has 6 atom stereocenters. The first-order valence-electron chi connectivity index (χ1n) is 15.5. The maximum atomic E-state index is 14.6. The van der Waals surface area contributed by atoms with E-state index in [1.54, 1.807) is 26.9 Å². The first-order valence-corrected chi connectivity index (χ1v) is 15.5. The molecular formula is C31H50N4O6. The number of nitrogens with zero attached hydrogens (tertiary/aromatic N) is 4. The van der Waals surface area contributed by atoms with Crippen molar-refractivity contribution in [2.75, 3.05) is 65.6 Å². The number of ether oxygens (including phenoxy) is 2. The van der Waals surface area contributed by atoms with Crippen LogP contribution in [0.2, 0.25) is 0 Å². The highest BCUT2D eigenvalue weighted by molar-refractivity contribution is 5.99. The van der Waals surface area contributed by atoms with Crippen molar-refractivity contribution in [3.8, 4) is 0 Å². The Labute approximate surface area is 245 Å². The van der Waals surface area contributed by atoms with E-state index in [0.717, 1.165) is 19.5 Å². The molecule has 4 heterocycles. The van der Waals surface area contributed by atoms with Crippen LogP contribution < -0.4 is 0 Å². The van der Waals surface area contributed by atoms with Crippen LogP contribution in [-0.4, -0.2) is 131 Å². The summed E-state index contributed by atoms with van der Waals surface area (Å²) in [5, 5.41) is 10.4. The van der Waals surface area contributed by atoms with E-state index in [1.807, 2.05) is 20.8 Å². The molecule has 4 rings (SSSR count). The lowest BCUT2D eigenvalue weighted by molar-refractivity contribution is -0.158. The Morgan fingerprint density at radius 3 is 2.29 bits per heavy atom. The molecule has 41 heavy (non-hydrogen) atoms. The number of likely N-dealkylation sites (tertiary alicyclic amines) is 1. The van der Waals surface area contributed by atoms with Gasteiger partial charge in [-0.3, -0.25) is 19.3 Å². The van der Waals surface area contributed by atoms with E-state index in [1.165, 1.54) is 0 Å². The summed E-state index contributed by atoms with van der Waals surface area (Å²) in [6.07, 6.45) is 6.41. The predicted molar refractivity (Wildman–Crippen MR) is 156 cm³/mol. The third-order valence-electron chi connectivity index (χ3n) is 9.80. The molecule has 0 aliphatic carbocycles. The van der Waals surface area contributed by atoms with Crippen molar-refractivity contribution in [2.24, 2.45) is 11.8 Å². The molecule has 0 saturated carbocycles. The van der Waals surface area contributed by atoms with E-state index in [9.17, 15) is 19.5 Å². The van der Waals surface area contributed by atoms with Crippen molar-refractivity contribution in [1.82, 2.24) is 19.6 Å². The zero-order chi connectivity index (χ0) is 29.8. The van der Waals surface area contributed by atoms with Gasteiger partial charge in [-0.2, -0.15) is 0 Å². The average Bonchev–Trinajstić information content (AvgIpc) is 3.59. The summed E-state index contributed by atoms with van der Waals surface area (Å²) in [5.41, 5.74) is -1.91. The number of amides is 3. The highest BCUT2D eigenvalue weighted by Crippen LogP contribution is 2.65. The molecule has 4 saturated heterocycles. The Bertz CT molecular complexity index is 982. The second-order valence-electron chi connectivity index (χ2n) is 11.9. The molecule has 0 aromatic heterocycles. The quantitative estimate of drug-likeness (QED) is 0.297. The van der Waals surface area contributed by atoms with Crippen molar-refractivity contribution >= 4 is 17.7 Å². The summed E-state index contributed by atoms with van der Waals surface area (Å²) >= 11 is 0. The second kappa shape index (κ2) is 13.4. The molecular weight excluding hydrogens is 524 g/mol. The van der Waals surface area contributed by atoms with Gasteiger partial charge in [-0.05, 0) is 32.1 Å². The number of fused-ring (bicyclic) bond motifs is 1. The number of hydrogen-bond donors (Lipinski definition) is 1. The van der Waals surface area contributed by atoms with Crippen LogP contribution in [0.15, 0.2) is 25.3 Å². The lowest BCUT2D eigenvalue weighted by atomic mass is 9.64. The lowest BCUT2D eigenvalue weighted by Crippen LogP contribution is -2.59. The molecule has 2 unspecified atom stereocenters. The number of morpholine rings is 1. The summed E-state index contributed by atoms with van der Waals surface area (Å²) in [7, 11) is 0. The number of hydrogen-bond acceptors (Lipinski definition) is 7. The van der Waals surface area contributed by atoms with Crippen LogP contribution in [0.3, 0.4) is 0 Å². The summed E-state index contributed by atoms with van der Waals surface area (Å²) in [6, 6.07) is -1.45. The lowest BCUT2D eigenvalue weighted by Gasteiger charge is -2.40. The van der Waals surface area contributed by atoms with E-state index in [-0.39, 0.29) is 24.3 Å². The minimum absolute atomic E-state index is 0.103. The monoisotopic (exact) mass is 574 g/mol. The van der Waals surface area contributed by atoms with Gasteiger partial charge in [0.1, 0.15) is 11.6 Å². The van der Waals surface area contributed by atoms with Crippen LogP contribution in [0.25, 0.3) is 0 Å². The zero-order valence-corrected chi connectivity index (χ0v) is 25.3. The van der Waals surface area contributed by atoms with Crippen molar-refractivity contribution in [3.05, 3.63) is 25.3 Å². The first kappa shape index (κ1) is 31.7. The van der Waals surface area contributed by atoms with Gasteiger partial charge in [-0.1, -0.05) is 32.9 Å². The molecule has 230 valence electrons. The van der Waals surface area contributed by atoms with Crippen molar-refractivity contribution in [1.29, 1.82) is 0 Å². The van der Waals surface area contributed by atoms with E-state index >= 15 is 0 Å². The Morgan fingerprint density at radius 1 is 1.07 bits per heavy atom. The third kappa shape index (κ3) is 5.48. The fraction of sp³-hybridized carbons (Fsp3) is 0.774. The largest absolute Gasteiger partial charge is 0.394 e. The van der Waals surface area contributed by atoms with Gasteiger partial charge in [0.25, 0.3) is 0 Å². The molecule has 1 spiro atoms. The standard InChI is InChI=1S/C31H50N4O6/c1-6-13-33(14-7-2)27(37)24-25-28(38)35(23(9-4)22-36)26(31(25)12-11-30(24,10-5)41-31)29(39)34(15-8-3)17-16-32-18-20-40-21-19-32/h6,8,23-26,36H,1,3,7,9-22H2,2,4-5H3/t23-,24-,25-,26?,30+,31?/m0/s1. The van der Waals surface area contributed by atoms with E-state index < -0.39 is 35.1 Å². The smallest absolute Gasteiger partial charge is 0.248 e. The van der Waals surface area contributed by atoms with Gasteiger partial charge in [-0.15, -0.1) is 13.2 Å². The van der Waals surface area contributed by atoms with Crippen molar-refractivity contribution < 1.29 is 29.0 Å². The van der Waals surface area contributed by atoms with Crippen molar-refractivity contribution in [3.63, 3.8) is 0 Å². The Balaban J connectivity index is 1.74. The highest BCUT2D eigenvalue weighted by Gasteiger charge is 2.79. The van der Waals surface area contributed by atoms with E-state index in [2.05, 4.69) is 18.1 Å². The molecule has 0 aromatic carbocycles. The van der Waals surface area contributed by atoms with Crippen molar-refractivity contribution in [2.45, 2.75) is 76.2 Å². The Hall–Kier alpha value is -2.27. The molecule has 2 bridgehead atoms. The number of carbonyl (C=O) groups is 3. The molecule has 4 fully saturated rings. The minimum atomic E-state index is -1.11. The van der Waals surface area contributed by atoms with Gasteiger partial charge in [0.05, 0.1) is 43.3 Å². The molecule has 10 nitrogen and oxygen atoms in total. The predicted octanol–water partition coefficient (Wildman–Crippen LogP) is 1.68. The van der Waals surface area contributed by atoms with Crippen LogP contribution in [0.1, 0.15) is 52.9 Å². The second-order valence-corrected chi connectivity index (χ2v) is 11.9. The fourth-order valence-electron chi connectivity index (χ4n) is 7.74. The molecule has 10 heteroatoms. The SMILES string of the molecule is C=CCN(CCN1CCOCC1)C(=O)C1N([C@@H](CC)CO)C(=O)[C@@H]2[C@@H](C(=O)N(CC=C)CCC)[C@@]3(CC)CCC12O3. The highest BCUT2D eigenvalue weighted by atomic mass is 16.5. The fourth-order valence-corrected chi connectivity index (χ4v) is 7.74. The van der Waals surface area contributed by atoms with Gasteiger partial charge in [0.2, 0.25) is 17.7 Å². The summed E-state index contributed by atoms with van der Waals surface area (Å²) in [6.45, 7) is 18.8. The zero-order valence-electron chi connectivity index (χ0n) is 25.3. The molecule has 4 aliphatic heterocycles. The molecule has 4 aliphatic rings. The molecule has 3 amide bonds. The van der Waals surface area contributed by atoms with Crippen LogP contribution in [0.5, 0.6) is 0 Å². The summed E-state index contributed by atoms with van der Waals surface area (Å²) in [4.78, 5) is 50.7. The van der Waals surface area contributed by atoms with Crippen LogP contribution in [-0.2, 0) is 23.9 Å². The third-order valence-corrected chi connectivity index (χ3v) is 9.80. The molecule has 1 N–H and O–H groups in total. The van der Waals surface area contributed by atoms with Crippen LogP contribution in [0, 0.1) is 11.8 Å². The topological polar surface area (TPSA) is 103 Å². The van der Waals surface area contributed by atoms with Gasteiger partial charge in [0.15, 0.2) is 0 Å². The number of aliphatic hydroxyl groups excluding tert-OH is 1. The minimum Gasteiger partial charge on any atom is -0.394 e. The average molecular weight is 575 g/mol. The van der Waals surface area contributed by atoms with E-state index in [0.29, 0.717) is 71.6 Å². The van der Waals surface area contributed by atoms with Crippen LogP contribution >= 0.6 is 0 Å². The van der Waals surface area contributed by atoms with Crippen LogP contribution in [0.4, 0.5) is 0 Å². The molecule has 0 radical (unpaired) electrons. The van der Waals surface area contributed by atoms with Gasteiger partial charge < -0.3 is 29.3 Å². The number of aliphatic hydroxyl groups is 1. The number of rotatable bonds is 15. The first-order chi connectivity index (χ1) is 19.8. The maximum Gasteiger partial charge on any atom is 0.248 e. The van der Waals surface area contributed by atoms with Gasteiger partial charge in [0, 0.05) is 45.8 Å². The Kier molecular flexibility index (Phi) is 10.3. The molecule has 0 aromatic rings. The summed E-state index contributed by atoms with van der Waals surface area (Å²) in [5.74, 6) is -2.00. The summed E-state index contributed by atoms with van der Waals surface area (Å²) < 4.78 is 12.4. The van der Waals surface area contributed by atoms with Gasteiger partial charge >= 0.3 is 0 Å². The maximum absolute atomic E-state index is 14.6. The van der Waals surface area contributed by atoms with Gasteiger partial charge in [-0.25, -0.2) is 0 Å². The van der Waals surface area contributed by atoms with E-state index in [4.69, 9.17) is 9.47 Å².